The van der Waals surface area contributed by atoms with Crippen LogP contribution in [0.2, 0.25) is 5.02 Å². The molecule has 2 aliphatic rings. The number of halogens is 1. The van der Waals surface area contributed by atoms with Gasteiger partial charge in [0.1, 0.15) is 12.4 Å². The van der Waals surface area contributed by atoms with E-state index in [2.05, 4.69) is 4.90 Å². The fourth-order valence-corrected chi connectivity index (χ4v) is 3.86. The standard InChI is InChI=1S/C16H20ClNO4/c17-14-7-10(16(20)21)1-4-15(14)22-6-5-18-11-2-3-12(18)9-13(19)8-11/h1,4,7,11-13,19H,2-3,5-6,8-9H2,(H,20,21). The van der Waals surface area contributed by atoms with Gasteiger partial charge in [-0.25, -0.2) is 4.79 Å². The summed E-state index contributed by atoms with van der Waals surface area (Å²) in [4.78, 5) is 13.3. The number of carboxylic acid groups (broad SMARTS) is 1. The highest BCUT2D eigenvalue weighted by molar-refractivity contribution is 6.32. The van der Waals surface area contributed by atoms with Gasteiger partial charge in [0.05, 0.1) is 16.7 Å². The van der Waals surface area contributed by atoms with Gasteiger partial charge in [0.15, 0.2) is 0 Å². The first kappa shape index (κ1) is 15.6. The summed E-state index contributed by atoms with van der Waals surface area (Å²) in [5.74, 6) is -0.493. The second kappa shape index (κ2) is 6.44. The zero-order valence-electron chi connectivity index (χ0n) is 12.2. The second-order valence-corrected chi connectivity index (χ2v) is 6.45. The zero-order valence-corrected chi connectivity index (χ0v) is 13.0. The number of aliphatic hydroxyl groups excluding tert-OH is 1. The van der Waals surface area contributed by atoms with E-state index in [9.17, 15) is 9.90 Å². The highest BCUT2D eigenvalue weighted by Crippen LogP contribution is 2.35. The molecular formula is C16H20ClNO4. The Balaban J connectivity index is 1.54. The van der Waals surface area contributed by atoms with Gasteiger partial charge in [-0.3, -0.25) is 4.90 Å². The van der Waals surface area contributed by atoms with Crippen LogP contribution in [0.25, 0.3) is 0 Å². The molecule has 3 rings (SSSR count). The lowest BCUT2D eigenvalue weighted by Gasteiger charge is -2.36. The maximum absolute atomic E-state index is 10.9. The zero-order chi connectivity index (χ0) is 15.7. The fourth-order valence-electron chi connectivity index (χ4n) is 3.62. The smallest absolute Gasteiger partial charge is 0.335 e. The van der Waals surface area contributed by atoms with Crippen LogP contribution >= 0.6 is 11.6 Å². The third kappa shape index (κ3) is 3.21. The molecule has 0 aromatic heterocycles. The van der Waals surface area contributed by atoms with E-state index in [0.29, 0.717) is 29.5 Å². The molecule has 2 N–H and O–H groups in total. The van der Waals surface area contributed by atoms with E-state index >= 15 is 0 Å². The normalized spacial score (nSPS) is 27.8. The number of carboxylic acids is 1. The molecule has 1 aromatic carbocycles. The predicted octanol–water partition coefficient (Wildman–Crippen LogP) is 2.40. The molecular weight excluding hydrogens is 306 g/mol. The van der Waals surface area contributed by atoms with E-state index in [4.69, 9.17) is 21.4 Å². The maximum Gasteiger partial charge on any atom is 0.335 e. The Morgan fingerprint density at radius 1 is 1.32 bits per heavy atom. The van der Waals surface area contributed by atoms with Gasteiger partial charge in [0.2, 0.25) is 0 Å². The molecule has 5 nitrogen and oxygen atoms in total. The van der Waals surface area contributed by atoms with E-state index in [1.54, 1.807) is 6.07 Å². The van der Waals surface area contributed by atoms with Gasteiger partial charge in [-0.1, -0.05) is 11.6 Å². The average Bonchev–Trinajstić information content (AvgIpc) is 2.71. The first-order valence-electron chi connectivity index (χ1n) is 7.64. The summed E-state index contributed by atoms with van der Waals surface area (Å²) in [7, 11) is 0. The van der Waals surface area contributed by atoms with Crippen LogP contribution in [0.15, 0.2) is 18.2 Å². The van der Waals surface area contributed by atoms with Crippen LogP contribution < -0.4 is 4.74 Å². The van der Waals surface area contributed by atoms with Crippen LogP contribution in [-0.4, -0.2) is 52.4 Å². The van der Waals surface area contributed by atoms with Crippen molar-refractivity contribution in [2.45, 2.75) is 43.9 Å². The Morgan fingerprint density at radius 2 is 2.00 bits per heavy atom. The van der Waals surface area contributed by atoms with Gasteiger partial charge in [0.25, 0.3) is 0 Å². The van der Waals surface area contributed by atoms with E-state index in [1.807, 2.05) is 0 Å². The highest BCUT2D eigenvalue weighted by Gasteiger charge is 2.39. The summed E-state index contributed by atoms with van der Waals surface area (Å²) in [6.07, 6.45) is 3.84. The van der Waals surface area contributed by atoms with Crippen molar-refractivity contribution >= 4 is 17.6 Å². The molecule has 6 heteroatoms. The van der Waals surface area contributed by atoms with Gasteiger partial charge in [-0.15, -0.1) is 0 Å². The molecule has 0 radical (unpaired) electrons. The molecule has 0 saturated carbocycles. The number of hydrogen-bond donors (Lipinski definition) is 2. The number of fused-ring (bicyclic) bond motifs is 2. The van der Waals surface area contributed by atoms with E-state index in [1.165, 1.54) is 12.1 Å². The maximum atomic E-state index is 10.9. The number of aromatic carboxylic acids is 1. The number of ether oxygens (including phenoxy) is 1. The molecule has 0 spiro atoms. The Kier molecular flexibility index (Phi) is 4.57. The number of carbonyl (C=O) groups is 1. The van der Waals surface area contributed by atoms with Crippen molar-refractivity contribution in [1.82, 2.24) is 4.90 Å². The lowest BCUT2D eigenvalue weighted by atomic mass is 10.0. The predicted molar refractivity (Wildman–Crippen MR) is 82.7 cm³/mol. The molecule has 22 heavy (non-hydrogen) atoms. The monoisotopic (exact) mass is 325 g/mol. The lowest BCUT2D eigenvalue weighted by Crippen LogP contribution is -2.46. The first-order valence-corrected chi connectivity index (χ1v) is 8.02. The summed E-state index contributed by atoms with van der Waals surface area (Å²) < 4.78 is 5.70. The van der Waals surface area contributed by atoms with Crippen LogP contribution in [0, 0.1) is 0 Å². The molecule has 2 unspecified atom stereocenters. The van der Waals surface area contributed by atoms with Crippen molar-refractivity contribution < 1.29 is 19.7 Å². The number of rotatable bonds is 5. The van der Waals surface area contributed by atoms with Crippen LogP contribution in [0.4, 0.5) is 0 Å². The molecule has 0 aliphatic carbocycles. The number of benzene rings is 1. The molecule has 2 heterocycles. The van der Waals surface area contributed by atoms with Crippen LogP contribution in [0.1, 0.15) is 36.0 Å². The number of piperidine rings is 1. The summed E-state index contributed by atoms with van der Waals surface area (Å²) in [5, 5.41) is 19.0. The van der Waals surface area contributed by atoms with Crippen molar-refractivity contribution in [2.24, 2.45) is 0 Å². The largest absolute Gasteiger partial charge is 0.491 e. The van der Waals surface area contributed by atoms with Crippen molar-refractivity contribution in [1.29, 1.82) is 0 Å². The summed E-state index contributed by atoms with van der Waals surface area (Å²) >= 11 is 6.05. The van der Waals surface area contributed by atoms with Gasteiger partial charge in [0, 0.05) is 18.6 Å². The van der Waals surface area contributed by atoms with Crippen LogP contribution in [0.3, 0.4) is 0 Å². The molecule has 2 saturated heterocycles. The fraction of sp³-hybridized carbons (Fsp3) is 0.562. The Hall–Kier alpha value is -1.30. The summed E-state index contributed by atoms with van der Waals surface area (Å²) in [6.45, 7) is 1.31. The van der Waals surface area contributed by atoms with Gasteiger partial charge in [-0.05, 0) is 43.9 Å². The van der Waals surface area contributed by atoms with Crippen molar-refractivity contribution in [3.05, 3.63) is 28.8 Å². The van der Waals surface area contributed by atoms with E-state index in [0.717, 1.165) is 32.2 Å². The Labute approximate surface area is 134 Å². The third-order valence-electron chi connectivity index (χ3n) is 4.65. The number of aliphatic hydroxyl groups is 1. The quantitative estimate of drug-likeness (QED) is 0.870. The molecule has 2 bridgehead atoms. The average molecular weight is 326 g/mol. The first-order chi connectivity index (χ1) is 10.5. The molecule has 1 aromatic rings. The summed E-state index contributed by atoms with van der Waals surface area (Å²) in [5.41, 5.74) is 0.153. The van der Waals surface area contributed by atoms with Crippen molar-refractivity contribution in [3.63, 3.8) is 0 Å². The minimum Gasteiger partial charge on any atom is -0.491 e. The van der Waals surface area contributed by atoms with Gasteiger partial charge in [-0.2, -0.15) is 0 Å². The minimum atomic E-state index is -1.00. The molecule has 2 aliphatic heterocycles. The highest BCUT2D eigenvalue weighted by atomic mass is 35.5. The van der Waals surface area contributed by atoms with Gasteiger partial charge >= 0.3 is 5.97 Å². The molecule has 120 valence electrons. The minimum absolute atomic E-state index is 0.153. The molecule has 0 amide bonds. The van der Waals surface area contributed by atoms with Crippen molar-refractivity contribution in [3.8, 4) is 5.75 Å². The summed E-state index contributed by atoms with van der Waals surface area (Å²) in [6, 6.07) is 5.41. The molecule has 2 fully saturated rings. The van der Waals surface area contributed by atoms with Crippen LogP contribution in [-0.2, 0) is 0 Å². The Morgan fingerprint density at radius 3 is 2.59 bits per heavy atom. The second-order valence-electron chi connectivity index (χ2n) is 6.05. The number of nitrogens with zero attached hydrogens (tertiary/aromatic N) is 1. The van der Waals surface area contributed by atoms with Gasteiger partial charge < -0.3 is 14.9 Å². The van der Waals surface area contributed by atoms with Crippen molar-refractivity contribution in [2.75, 3.05) is 13.2 Å². The van der Waals surface area contributed by atoms with Crippen LogP contribution in [0.5, 0.6) is 5.75 Å². The topological polar surface area (TPSA) is 70.0 Å². The third-order valence-corrected chi connectivity index (χ3v) is 4.94. The SMILES string of the molecule is O=C(O)c1ccc(OCCN2C3CCC2CC(O)C3)c(Cl)c1. The number of hydrogen-bond acceptors (Lipinski definition) is 4. The molecule has 2 atom stereocenters. The Bertz CT molecular complexity index is 551. The lowest BCUT2D eigenvalue weighted by molar-refractivity contribution is 0.0288. The van der Waals surface area contributed by atoms with E-state index in [-0.39, 0.29) is 11.7 Å². The van der Waals surface area contributed by atoms with E-state index < -0.39 is 5.97 Å².